The minimum Gasteiger partial charge on any atom is -0.495 e. The molecule has 2 aromatic rings. The van der Waals surface area contributed by atoms with Crippen LogP contribution in [0.25, 0.3) is 6.08 Å². The van der Waals surface area contributed by atoms with Crippen LogP contribution in [0.5, 0.6) is 5.75 Å². The van der Waals surface area contributed by atoms with Gasteiger partial charge in [0.05, 0.1) is 24.4 Å². The summed E-state index contributed by atoms with van der Waals surface area (Å²) in [6.45, 7) is 4.46. The standard InChI is InChI=1S/C25H26ClFN4O4/c1-16-14-29(15-17-3-6-19(27)7-4-17)9-10-30(16)23(32)8-5-18-11-22(35-2)20(26)12-21(18)31-24(33)13-28-25(31)34/h3-8,11-12,16H,9-10,13-15H2,1-2H3,(H,28,34)/t16-/m1/s1. The van der Waals surface area contributed by atoms with Gasteiger partial charge < -0.3 is 15.0 Å². The summed E-state index contributed by atoms with van der Waals surface area (Å²) in [5.74, 6) is -0.503. The molecule has 1 N–H and O–H groups in total. The molecule has 8 nitrogen and oxygen atoms in total. The third-order valence-electron chi connectivity index (χ3n) is 6.10. The zero-order valence-corrected chi connectivity index (χ0v) is 20.2. The molecule has 2 aliphatic rings. The first-order valence-corrected chi connectivity index (χ1v) is 11.6. The number of amides is 4. The average molecular weight is 501 g/mol. The van der Waals surface area contributed by atoms with E-state index in [4.69, 9.17) is 16.3 Å². The molecule has 1 atom stereocenters. The van der Waals surface area contributed by atoms with Crippen molar-refractivity contribution >= 4 is 41.2 Å². The molecule has 0 aromatic heterocycles. The number of hydrogen-bond donors (Lipinski definition) is 1. The molecule has 0 aliphatic carbocycles. The highest BCUT2D eigenvalue weighted by molar-refractivity contribution is 6.33. The number of piperazine rings is 1. The van der Waals surface area contributed by atoms with Gasteiger partial charge in [0.1, 0.15) is 11.6 Å². The third kappa shape index (κ3) is 5.47. The van der Waals surface area contributed by atoms with Crippen LogP contribution in [0, 0.1) is 5.82 Å². The first-order valence-electron chi connectivity index (χ1n) is 11.2. The van der Waals surface area contributed by atoms with Gasteiger partial charge in [-0.1, -0.05) is 23.7 Å². The summed E-state index contributed by atoms with van der Waals surface area (Å²) in [7, 11) is 1.46. The molecule has 0 radical (unpaired) electrons. The number of imide groups is 1. The molecular formula is C25H26ClFN4O4. The van der Waals surface area contributed by atoms with Crippen molar-refractivity contribution in [3.8, 4) is 5.75 Å². The number of carbonyl (C=O) groups is 3. The molecule has 184 valence electrons. The average Bonchev–Trinajstić information content (AvgIpc) is 3.17. The van der Waals surface area contributed by atoms with Crippen molar-refractivity contribution in [2.45, 2.75) is 19.5 Å². The number of methoxy groups -OCH3 is 1. The molecule has 0 unspecified atom stereocenters. The second-order valence-electron chi connectivity index (χ2n) is 8.51. The Labute approximate surface area is 207 Å². The SMILES string of the molecule is COc1cc(C=CC(=O)N2CCN(Cc3ccc(F)cc3)C[C@H]2C)c(N2C(=O)CNC2=O)cc1Cl. The van der Waals surface area contributed by atoms with Gasteiger partial charge in [0, 0.05) is 43.9 Å². The maximum absolute atomic E-state index is 13.2. The minimum absolute atomic E-state index is 0.0356. The lowest BCUT2D eigenvalue weighted by Gasteiger charge is -2.39. The van der Waals surface area contributed by atoms with Gasteiger partial charge in [-0.2, -0.15) is 0 Å². The predicted octanol–water partition coefficient (Wildman–Crippen LogP) is 3.29. The van der Waals surface area contributed by atoms with Crippen LogP contribution in [0.15, 0.2) is 42.5 Å². The number of halogens is 2. The molecule has 2 heterocycles. The van der Waals surface area contributed by atoms with Crippen LogP contribution >= 0.6 is 11.6 Å². The fraction of sp³-hybridized carbons (Fsp3) is 0.320. The van der Waals surface area contributed by atoms with Gasteiger partial charge in [-0.25, -0.2) is 14.1 Å². The number of rotatable bonds is 6. The number of anilines is 1. The van der Waals surface area contributed by atoms with Crippen molar-refractivity contribution in [1.82, 2.24) is 15.1 Å². The largest absolute Gasteiger partial charge is 0.495 e. The number of nitrogens with one attached hydrogen (secondary N) is 1. The van der Waals surface area contributed by atoms with E-state index in [0.29, 0.717) is 37.5 Å². The molecule has 2 saturated heterocycles. The molecule has 2 aliphatic heterocycles. The Morgan fingerprint density at radius 3 is 2.60 bits per heavy atom. The molecule has 10 heteroatoms. The normalized spacial score (nSPS) is 18.9. The molecule has 0 bridgehead atoms. The van der Waals surface area contributed by atoms with Crippen molar-refractivity contribution in [2.75, 3.05) is 38.2 Å². The Bertz CT molecular complexity index is 1150. The Hall–Kier alpha value is -3.43. The van der Waals surface area contributed by atoms with Crippen molar-refractivity contribution in [1.29, 1.82) is 0 Å². The number of hydrogen-bond acceptors (Lipinski definition) is 5. The maximum atomic E-state index is 13.2. The van der Waals surface area contributed by atoms with Crippen molar-refractivity contribution in [3.63, 3.8) is 0 Å². The minimum atomic E-state index is -0.553. The lowest BCUT2D eigenvalue weighted by atomic mass is 10.1. The third-order valence-corrected chi connectivity index (χ3v) is 6.40. The number of carbonyl (C=O) groups excluding carboxylic acids is 3. The van der Waals surface area contributed by atoms with E-state index in [1.165, 1.54) is 31.4 Å². The quantitative estimate of drug-likeness (QED) is 0.486. The summed E-state index contributed by atoms with van der Waals surface area (Å²) in [5.41, 5.74) is 1.74. The molecule has 0 saturated carbocycles. The second kappa shape index (κ2) is 10.5. The molecule has 2 aromatic carbocycles. The maximum Gasteiger partial charge on any atom is 0.329 e. The lowest BCUT2D eigenvalue weighted by Crippen LogP contribution is -2.53. The molecule has 0 spiro atoms. The van der Waals surface area contributed by atoms with E-state index in [1.54, 1.807) is 29.2 Å². The van der Waals surface area contributed by atoms with E-state index >= 15 is 0 Å². The second-order valence-corrected chi connectivity index (χ2v) is 8.92. The van der Waals surface area contributed by atoms with Crippen molar-refractivity contribution in [2.24, 2.45) is 0 Å². The number of ether oxygens (including phenoxy) is 1. The molecule has 4 amide bonds. The number of nitrogens with zero attached hydrogens (tertiary/aromatic N) is 3. The van der Waals surface area contributed by atoms with Gasteiger partial charge in [-0.05, 0) is 42.8 Å². The fourth-order valence-corrected chi connectivity index (χ4v) is 4.55. The van der Waals surface area contributed by atoms with Gasteiger partial charge in [0.2, 0.25) is 5.91 Å². The van der Waals surface area contributed by atoms with Crippen LogP contribution in [0.3, 0.4) is 0 Å². The molecule has 35 heavy (non-hydrogen) atoms. The van der Waals surface area contributed by atoms with Crippen molar-refractivity contribution < 1.29 is 23.5 Å². The highest BCUT2D eigenvalue weighted by Crippen LogP contribution is 2.35. The first-order chi connectivity index (χ1) is 16.8. The first kappa shape index (κ1) is 24.7. The van der Waals surface area contributed by atoms with Gasteiger partial charge in [-0.15, -0.1) is 0 Å². The van der Waals surface area contributed by atoms with Crippen LogP contribution < -0.4 is 15.0 Å². The van der Waals surface area contributed by atoms with E-state index in [0.717, 1.165) is 10.5 Å². The smallest absolute Gasteiger partial charge is 0.329 e. The van der Waals surface area contributed by atoms with Crippen LogP contribution in [-0.4, -0.2) is 67.0 Å². The number of urea groups is 1. The molecule has 2 fully saturated rings. The van der Waals surface area contributed by atoms with E-state index in [-0.39, 0.29) is 35.0 Å². The molecule has 4 rings (SSSR count). The molecular weight excluding hydrogens is 475 g/mol. The monoisotopic (exact) mass is 500 g/mol. The highest BCUT2D eigenvalue weighted by atomic mass is 35.5. The summed E-state index contributed by atoms with van der Waals surface area (Å²) in [5, 5.41) is 2.72. The highest BCUT2D eigenvalue weighted by Gasteiger charge is 2.32. The Morgan fingerprint density at radius 1 is 1.23 bits per heavy atom. The van der Waals surface area contributed by atoms with E-state index < -0.39 is 11.9 Å². The van der Waals surface area contributed by atoms with Gasteiger partial charge >= 0.3 is 6.03 Å². The van der Waals surface area contributed by atoms with Crippen LogP contribution in [0.1, 0.15) is 18.1 Å². The van der Waals surface area contributed by atoms with Crippen molar-refractivity contribution in [3.05, 3.63) is 64.4 Å². The van der Waals surface area contributed by atoms with Gasteiger partial charge in [0.15, 0.2) is 0 Å². The Morgan fingerprint density at radius 2 is 1.97 bits per heavy atom. The van der Waals surface area contributed by atoms with E-state index in [9.17, 15) is 18.8 Å². The number of benzene rings is 2. The summed E-state index contributed by atoms with van der Waals surface area (Å²) in [4.78, 5) is 42.5. The topological polar surface area (TPSA) is 82.2 Å². The van der Waals surface area contributed by atoms with Crippen LogP contribution in [0.4, 0.5) is 14.9 Å². The van der Waals surface area contributed by atoms with Gasteiger partial charge in [-0.3, -0.25) is 14.5 Å². The summed E-state index contributed by atoms with van der Waals surface area (Å²) in [6.07, 6.45) is 2.99. The van der Waals surface area contributed by atoms with Crippen LogP contribution in [-0.2, 0) is 16.1 Å². The summed E-state index contributed by atoms with van der Waals surface area (Å²) >= 11 is 6.24. The summed E-state index contributed by atoms with van der Waals surface area (Å²) < 4.78 is 18.4. The van der Waals surface area contributed by atoms with E-state index in [1.807, 2.05) is 6.92 Å². The summed E-state index contributed by atoms with van der Waals surface area (Å²) in [6, 6.07) is 8.90. The van der Waals surface area contributed by atoms with Crippen LogP contribution in [0.2, 0.25) is 5.02 Å². The fourth-order valence-electron chi connectivity index (χ4n) is 4.32. The lowest BCUT2D eigenvalue weighted by molar-refractivity contribution is -0.130. The zero-order valence-electron chi connectivity index (χ0n) is 19.5. The zero-order chi connectivity index (χ0) is 25.1. The predicted molar refractivity (Wildman–Crippen MR) is 131 cm³/mol. The van der Waals surface area contributed by atoms with Gasteiger partial charge in [0.25, 0.3) is 5.91 Å². The van der Waals surface area contributed by atoms with E-state index in [2.05, 4.69) is 10.2 Å². The Kier molecular flexibility index (Phi) is 7.37. The Balaban J connectivity index is 1.48.